The van der Waals surface area contributed by atoms with Gasteiger partial charge in [-0.3, -0.25) is 4.90 Å². The van der Waals surface area contributed by atoms with Crippen LogP contribution in [0.2, 0.25) is 0 Å². The van der Waals surface area contributed by atoms with Gasteiger partial charge >= 0.3 is 0 Å². The van der Waals surface area contributed by atoms with E-state index in [1.165, 1.54) is 90.0 Å². The molecule has 0 amide bonds. The number of nitrogens with two attached hydrogens (primary N) is 1. The van der Waals surface area contributed by atoms with Crippen LogP contribution in [-0.2, 0) is 4.74 Å². The highest BCUT2D eigenvalue weighted by Crippen LogP contribution is 2.31. The van der Waals surface area contributed by atoms with Gasteiger partial charge in [0.05, 0.1) is 6.61 Å². The van der Waals surface area contributed by atoms with Crippen LogP contribution >= 0.6 is 0 Å². The highest BCUT2D eigenvalue weighted by Gasteiger charge is 2.36. The molecule has 3 nitrogen and oxygen atoms in total. The van der Waals surface area contributed by atoms with E-state index in [-0.39, 0.29) is 0 Å². The van der Waals surface area contributed by atoms with Crippen LogP contribution in [0.15, 0.2) is 0 Å². The minimum Gasteiger partial charge on any atom is -0.362 e. The molecule has 2 saturated heterocycles. The first kappa shape index (κ1) is 18.2. The summed E-state index contributed by atoms with van der Waals surface area (Å²) in [6.07, 6.45) is 18.4. The second-order valence-electron chi connectivity index (χ2n) is 7.53. The van der Waals surface area contributed by atoms with Crippen molar-refractivity contribution in [1.29, 1.82) is 0 Å². The second kappa shape index (κ2) is 10.6. The van der Waals surface area contributed by atoms with Crippen molar-refractivity contribution in [3.05, 3.63) is 0 Å². The molecule has 0 saturated carbocycles. The zero-order chi connectivity index (χ0) is 15.6. The predicted molar refractivity (Wildman–Crippen MR) is 93.9 cm³/mol. The number of ether oxygens (including phenoxy) is 1. The third kappa shape index (κ3) is 6.55. The van der Waals surface area contributed by atoms with Gasteiger partial charge in [0.15, 0.2) is 0 Å². The molecule has 0 radical (unpaired) electrons. The molecule has 130 valence electrons. The van der Waals surface area contributed by atoms with Crippen LogP contribution in [0.1, 0.15) is 90.4 Å². The lowest BCUT2D eigenvalue weighted by Crippen LogP contribution is -2.31. The molecule has 0 aromatic rings. The molecule has 2 rings (SSSR count). The van der Waals surface area contributed by atoms with E-state index in [9.17, 15) is 0 Å². The molecule has 3 unspecified atom stereocenters. The first-order valence-corrected chi connectivity index (χ1v) is 9.90. The van der Waals surface area contributed by atoms with Crippen molar-refractivity contribution in [2.75, 3.05) is 13.2 Å². The molecule has 2 heterocycles. The summed E-state index contributed by atoms with van der Waals surface area (Å²) in [5.41, 5.74) is 5.77. The summed E-state index contributed by atoms with van der Waals surface area (Å²) in [6.45, 7) is 4.26. The zero-order valence-electron chi connectivity index (χ0n) is 14.8. The Morgan fingerprint density at radius 1 is 0.955 bits per heavy atom. The van der Waals surface area contributed by atoms with Crippen LogP contribution in [0.3, 0.4) is 0 Å². The van der Waals surface area contributed by atoms with Gasteiger partial charge < -0.3 is 10.5 Å². The fraction of sp³-hybridized carbons (Fsp3) is 1.00. The largest absolute Gasteiger partial charge is 0.362 e. The maximum absolute atomic E-state index is 5.77. The summed E-state index contributed by atoms with van der Waals surface area (Å²) < 4.78 is 5.74. The topological polar surface area (TPSA) is 38.5 Å². The quantitative estimate of drug-likeness (QED) is 0.541. The normalized spacial score (nSPS) is 26.5. The SMILES string of the molecule is CC(N)CCCCCCCCCCCC1CCC2OCCN12. The van der Waals surface area contributed by atoms with E-state index in [0.29, 0.717) is 12.3 Å². The second-order valence-corrected chi connectivity index (χ2v) is 7.53. The van der Waals surface area contributed by atoms with Gasteiger partial charge in [-0.05, 0) is 32.6 Å². The van der Waals surface area contributed by atoms with Gasteiger partial charge in [0.1, 0.15) is 6.23 Å². The van der Waals surface area contributed by atoms with Crippen molar-refractivity contribution in [3.8, 4) is 0 Å². The molecule has 3 heteroatoms. The number of fused-ring (bicyclic) bond motifs is 1. The highest BCUT2D eigenvalue weighted by atomic mass is 16.5. The molecule has 0 aromatic carbocycles. The van der Waals surface area contributed by atoms with Crippen molar-refractivity contribution in [2.24, 2.45) is 5.73 Å². The van der Waals surface area contributed by atoms with Crippen LogP contribution in [0.5, 0.6) is 0 Å². The van der Waals surface area contributed by atoms with Gasteiger partial charge in [-0.1, -0.05) is 57.8 Å². The van der Waals surface area contributed by atoms with Crippen LogP contribution in [0, 0.1) is 0 Å². The summed E-state index contributed by atoms with van der Waals surface area (Å²) in [7, 11) is 0. The van der Waals surface area contributed by atoms with E-state index in [2.05, 4.69) is 11.8 Å². The maximum atomic E-state index is 5.77. The van der Waals surface area contributed by atoms with Crippen LogP contribution < -0.4 is 5.73 Å². The third-order valence-electron chi connectivity index (χ3n) is 5.44. The lowest BCUT2D eigenvalue weighted by atomic mass is 10.0. The fourth-order valence-corrected chi connectivity index (χ4v) is 4.10. The zero-order valence-corrected chi connectivity index (χ0v) is 14.8. The Hall–Kier alpha value is -0.120. The summed E-state index contributed by atoms with van der Waals surface area (Å²) in [6, 6.07) is 1.22. The highest BCUT2D eigenvalue weighted by molar-refractivity contribution is 4.85. The van der Waals surface area contributed by atoms with Gasteiger partial charge in [-0.15, -0.1) is 0 Å². The summed E-state index contributed by atoms with van der Waals surface area (Å²) >= 11 is 0. The molecular weight excluding hydrogens is 272 g/mol. The number of rotatable bonds is 12. The monoisotopic (exact) mass is 310 g/mol. The first-order valence-electron chi connectivity index (χ1n) is 9.90. The predicted octanol–water partition coefficient (Wildman–Crippen LogP) is 4.45. The summed E-state index contributed by atoms with van der Waals surface area (Å²) in [4.78, 5) is 2.61. The van der Waals surface area contributed by atoms with E-state index < -0.39 is 0 Å². The number of hydrogen-bond acceptors (Lipinski definition) is 3. The first-order chi connectivity index (χ1) is 10.8. The van der Waals surface area contributed by atoms with E-state index >= 15 is 0 Å². The average Bonchev–Trinajstić information content (AvgIpc) is 3.08. The van der Waals surface area contributed by atoms with Gasteiger partial charge in [-0.25, -0.2) is 0 Å². The van der Waals surface area contributed by atoms with E-state index in [1.807, 2.05) is 0 Å². The molecule has 22 heavy (non-hydrogen) atoms. The Kier molecular flexibility index (Phi) is 8.79. The number of nitrogens with zero attached hydrogens (tertiary/aromatic N) is 1. The Morgan fingerprint density at radius 3 is 2.27 bits per heavy atom. The minimum atomic E-state index is 0.391. The van der Waals surface area contributed by atoms with Gasteiger partial charge in [-0.2, -0.15) is 0 Å². The molecule has 0 aromatic heterocycles. The minimum absolute atomic E-state index is 0.391. The Bertz CT molecular complexity index is 283. The van der Waals surface area contributed by atoms with Gasteiger partial charge in [0.25, 0.3) is 0 Å². The van der Waals surface area contributed by atoms with Crippen molar-refractivity contribution >= 4 is 0 Å². The third-order valence-corrected chi connectivity index (χ3v) is 5.44. The maximum Gasteiger partial charge on any atom is 0.111 e. The standard InChI is InChI=1S/C19H38N2O/c1-17(20)11-9-7-5-3-2-4-6-8-10-12-18-13-14-19-21(18)15-16-22-19/h17-19H,2-16,20H2,1H3. The molecule has 2 N–H and O–H groups in total. The van der Waals surface area contributed by atoms with E-state index in [4.69, 9.17) is 10.5 Å². The fourth-order valence-electron chi connectivity index (χ4n) is 4.10. The number of hydrogen-bond donors (Lipinski definition) is 1. The molecule has 2 fully saturated rings. The van der Waals surface area contributed by atoms with E-state index in [1.54, 1.807) is 0 Å². The van der Waals surface area contributed by atoms with Crippen molar-refractivity contribution in [1.82, 2.24) is 4.90 Å². The van der Waals surface area contributed by atoms with Crippen molar-refractivity contribution < 1.29 is 4.74 Å². The smallest absolute Gasteiger partial charge is 0.111 e. The van der Waals surface area contributed by atoms with Crippen molar-refractivity contribution in [3.63, 3.8) is 0 Å². The Balaban J connectivity index is 1.33. The van der Waals surface area contributed by atoms with Crippen LogP contribution in [0.25, 0.3) is 0 Å². The summed E-state index contributed by atoms with van der Waals surface area (Å²) in [5, 5.41) is 0. The lowest BCUT2D eigenvalue weighted by molar-refractivity contribution is 0.0481. The lowest BCUT2D eigenvalue weighted by Gasteiger charge is -2.21. The van der Waals surface area contributed by atoms with E-state index in [0.717, 1.165) is 12.6 Å². The Labute approximate surface area is 138 Å². The molecule has 2 aliphatic heterocycles. The summed E-state index contributed by atoms with van der Waals surface area (Å²) in [5.74, 6) is 0. The van der Waals surface area contributed by atoms with Gasteiger partial charge in [0.2, 0.25) is 0 Å². The Morgan fingerprint density at radius 2 is 1.59 bits per heavy atom. The van der Waals surface area contributed by atoms with Crippen LogP contribution in [0.4, 0.5) is 0 Å². The molecular formula is C19H38N2O. The molecule has 0 spiro atoms. The van der Waals surface area contributed by atoms with Gasteiger partial charge in [0, 0.05) is 18.6 Å². The molecule has 3 atom stereocenters. The van der Waals surface area contributed by atoms with Crippen molar-refractivity contribution in [2.45, 2.75) is 109 Å². The van der Waals surface area contributed by atoms with Crippen LogP contribution in [-0.4, -0.2) is 36.4 Å². The molecule has 0 aliphatic carbocycles. The molecule has 2 aliphatic rings. The molecule has 0 bridgehead atoms. The number of unbranched alkanes of at least 4 members (excludes halogenated alkanes) is 8. The average molecular weight is 311 g/mol.